The minimum atomic E-state index is 0.863. The number of aromatic nitrogens is 2. The molecule has 0 amide bonds. The number of nitrogens with one attached hydrogen (secondary N) is 1. The molecule has 0 atom stereocenters. The molecule has 0 fully saturated rings. The largest absolute Gasteiger partial charge is 0.346 e. The molecule has 3 heteroatoms. The van der Waals surface area contributed by atoms with Crippen LogP contribution in [0, 0.1) is 11.8 Å². The van der Waals surface area contributed by atoms with Gasteiger partial charge in [0.05, 0.1) is 0 Å². The Morgan fingerprint density at radius 2 is 1.71 bits per heavy atom. The number of hydrogen-bond donors (Lipinski definition) is 2. The van der Waals surface area contributed by atoms with Crippen LogP contribution in [0.25, 0.3) is 22.2 Å². The van der Waals surface area contributed by atoms with Crippen molar-refractivity contribution in [3.63, 3.8) is 0 Å². The third-order valence-electron chi connectivity index (χ3n) is 3.90. The minimum Gasteiger partial charge on any atom is -0.346 e. The van der Waals surface area contributed by atoms with Gasteiger partial charge in [-0.2, -0.15) is 0 Å². The van der Waals surface area contributed by atoms with E-state index in [4.69, 9.17) is 0 Å². The summed E-state index contributed by atoms with van der Waals surface area (Å²) in [5.74, 6) is 6.46. The van der Waals surface area contributed by atoms with E-state index >= 15 is 0 Å². The highest BCUT2D eigenvalue weighted by atomic mass is 32.1. The average Bonchev–Trinajstić information content (AvgIpc) is 3.10. The van der Waals surface area contributed by atoms with Crippen LogP contribution in [0.4, 0.5) is 0 Å². The smallest absolute Gasteiger partial charge is 0.138 e. The number of aromatic amines is 1. The van der Waals surface area contributed by atoms with Crippen molar-refractivity contribution >= 4 is 23.7 Å². The first-order valence-corrected chi connectivity index (χ1v) is 8.08. The standard InChI is InChI=1S/C21H14N2S/c24-20-4-2-1-3-18(20)16-8-5-15(6-9-16)7-10-17-11-13-22-21-19(17)12-14-23-21/h1-6,8-9,11-14,24H,(H,22,23). The molecule has 0 saturated carbocycles. The number of nitrogens with zero attached hydrogens (tertiary/aromatic N) is 1. The summed E-state index contributed by atoms with van der Waals surface area (Å²) in [5, 5.41) is 1.05. The van der Waals surface area contributed by atoms with Gasteiger partial charge in [0.15, 0.2) is 0 Å². The Morgan fingerprint density at radius 1 is 0.875 bits per heavy atom. The fraction of sp³-hybridized carbons (Fsp3) is 0. The third kappa shape index (κ3) is 2.80. The first kappa shape index (κ1) is 14.6. The monoisotopic (exact) mass is 326 g/mol. The fourth-order valence-electron chi connectivity index (χ4n) is 2.66. The van der Waals surface area contributed by atoms with Gasteiger partial charge in [-0.25, -0.2) is 4.98 Å². The zero-order chi connectivity index (χ0) is 16.4. The highest BCUT2D eigenvalue weighted by Gasteiger charge is 2.01. The number of rotatable bonds is 1. The van der Waals surface area contributed by atoms with Gasteiger partial charge in [-0.1, -0.05) is 42.2 Å². The molecule has 0 aliphatic heterocycles. The second kappa shape index (κ2) is 6.27. The van der Waals surface area contributed by atoms with Gasteiger partial charge in [0.1, 0.15) is 5.65 Å². The van der Waals surface area contributed by atoms with Gasteiger partial charge >= 0.3 is 0 Å². The summed E-state index contributed by atoms with van der Waals surface area (Å²) in [6.45, 7) is 0. The second-order valence-corrected chi connectivity index (χ2v) is 5.92. The number of fused-ring (bicyclic) bond motifs is 1. The molecule has 114 valence electrons. The third-order valence-corrected chi connectivity index (χ3v) is 4.29. The van der Waals surface area contributed by atoms with Gasteiger partial charge < -0.3 is 4.98 Å². The first-order chi connectivity index (χ1) is 11.8. The predicted octanol–water partition coefficient (Wildman–Crippen LogP) is 4.92. The lowest BCUT2D eigenvalue weighted by Gasteiger charge is -2.04. The number of benzene rings is 2. The van der Waals surface area contributed by atoms with Crippen molar-refractivity contribution in [2.24, 2.45) is 0 Å². The van der Waals surface area contributed by atoms with Gasteiger partial charge in [-0.15, -0.1) is 12.6 Å². The maximum Gasteiger partial charge on any atom is 0.138 e. The fourth-order valence-corrected chi connectivity index (χ4v) is 2.95. The number of thiol groups is 1. The Hall–Kier alpha value is -2.96. The van der Waals surface area contributed by atoms with Gasteiger partial charge in [0, 0.05) is 33.8 Å². The van der Waals surface area contributed by atoms with E-state index in [9.17, 15) is 0 Å². The number of H-pyrrole nitrogens is 1. The van der Waals surface area contributed by atoms with E-state index in [0.29, 0.717) is 0 Å². The molecule has 2 nitrogen and oxygen atoms in total. The molecule has 0 aliphatic rings. The molecule has 0 spiro atoms. The van der Waals surface area contributed by atoms with Crippen LogP contribution in [0.1, 0.15) is 11.1 Å². The highest BCUT2D eigenvalue weighted by molar-refractivity contribution is 7.80. The Morgan fingerprint density at radius 3 is 2.54 bits per heavy atom. The molecule has 2 heterocycles. The number of hydrogen-bond acceptors (Lipinski definition) is 2. The topological polar surface area (TPSA) is 28.7 Å². The SMILES string of the molecule is Sc1ccccc1-c1ccc(C#Cc2ccnc3[nH]ccc23)cc1. The molecule has 0 radical (unpaired) electrons. The van der Waals surface area contributed by atoms with Crippen LogP contribution in [-0.2, 0) is 0 Å². The Labute approximate surface area is 146 Å². The first-order valence-electron chi connectivity index (χ1n) is 7.64. The molecular formula is C21H14N2S. The molecule has 2 aromatic carbocycles. The molecule has 1 N–H and O–H groups in total. The molecule has 4 aromatic rings. The van der Waals surface area contributed by atoms with Gasteiger partial charge in [-0.3, -0.25) is 0 Å². The summed E-state index contributed by atoms with van der Waals surface area (Å²) in [5.41, 5.74) is 5.09. The summed E-state index contributed by atoms with van der Waals surface area (Å²) >= 11 is 4.52. The van der Waals surface area contributed by atoms with E-state index in [0.717, 1.165) is 38.2 Å². The zero-order valence-electron chi connectivity index (χ0n) is 12.8. The van der Waals surface area contributed by atoms with Gasteiger partial charge in [-0.05, 0) is 41.5 Å². The molecule has 0 aliphatic carbocycles. The van der Waals surface area contributed by atoms with E-state index < -0.39 is 0 Å². The van der Waals surface area contributed by atoms with Crippen molar-refractivity contribution in [1.82, 2.24) is 9.97 Å². The van der Waals surface area contributed by atoms with Gasteiger partial charge in [0.25, 0.3) is 0 Å². The minimum absolute atomic E-state index is 0.863. The van der Waals surface area contributed by atoms with Crippen LogP contribution < -0.4 is 0 Å². The van der Waals surface area contributed by atoms with Crippen molar-refractivity contribution < 1.29 is 0 Å². The Kier molecular flexibility index (Phi) is 3.82. The van der Waals surface area contributed by atoms with Crippen molar-refractivity contribution in [1.29, 1.82) is 0 Å². The number of pyridine rings is 1. The molecule has 0 saturated heterocycles. The summed E-state index contributed by atoms with van der Waals surface area (Å²) in [6, 6.07) is 20.3. The van der Waals surface area contributed by atoms with Crippen LogP contribution >= 0.6 is 12.6 Å². The van der Waals surface area contributed by atoms with Crippen LogP contribution in [0.3, 0.4) is 0 Å². The van der Waals surface area contributed by atoms with Crippen molar-refractivity contribution in [3.05, 3.63) is 84.2 Å². The van der Waals surface area contributed by atoms with Crippen molar-refractivity contribution in [2.75, 3.05) is 0 Å². The molecule has 0 unspecified atom stereocenters. The molecular weight excluding hydrogens is 312 g/mol. The van der Waals surface area contributed by atoms with Crippen LogP contribution in [0.15, 0.2) is 78.0 Å². The Bertz CT molecular complexity index is 1070. The lowest BCUT2D eigenvalue weighted by Crippen LogP contribution is -1.82. The average molecular weight is 326 g/mol. The lowest BCUT2D eigenvalue weighted by atomic mass is 10.0. The van der Waals surface area contributed by atoms with E-state index in [1.54, 1.807) is 6.20 Å². The molecule has 24 heavy (non-hydrogen) atoms. The maximum atomic E-state index is 4.52. The predicted molar refractivity (Wildman–Crippen MR) is 101 cm³/mol. The maximum absolute atomic E-state index is 4.52. The van der Waals surface area contributed by atoms with Crippen molar-refractivity contribution in [3.8, 4) is 23.0 Å². The molecule has 2 aromatic heterocycles. The summed E-state index contributed by atoms with van der Waals surface area (Å²) in [6.07, 6.45) is 3.65. The highest BCUT2D eigenvalue weighted by Crippen LogP contribution is 2.26. The Balaban J connectivity index is 1.65. The van der Waals surface area contributed by atoms with Gasteiger partial charge in [0.2, 0.25) is 0 Å². The van der Waals surface area contributed by atoms with Crippen LogP contribution in [-0.4, -0.2) is 9.97 Å². The van der Waals surface area contributed by atoms with Crippen LogP contribution in [0.2, 0.25) is 0 Å². The van der Waals surface area contributed by atoms with E-state index in [2.05, 4.69) is 52.6 Å². The quantitative estimate of drug-likeness (QED) is 0.377. The van der Waals surface area contributed by atoms with E-state index in [1.807, 2.05) is 48.7 Å². The van der Waals surface area contributed by atoms with E-state index in [-0.39, 0.29) is 0 Å². The van der Waals surface area contributed by atoms with Crippen LogP contribution in [0.5, 0.6) is 0 Å². The second-order valence-electron chi connectivity index (χ2n) is 5.44. The zero-order valence-corrected chi connectivity index (χ0v) is 13.7. The van der Waals surface area contributed by atoms with Crippen molar-refractivity contribution in [2.45, 2.75) is 4.90 Å². The molecule has 4 rings (SSSR count). The summed E-state index contributed by atoms with van der Waals surface area (Å²) in [4.78, 5) is 8.36. The van der Waals surface area contributed by atoms with E-state index in [1.165, 1.54) is 0 Å². The summed E-state index contributed by atoms with van der Waals surface area (Å²) < 4.78 is 0. The normalized spacial score (nSPS) is 10.4. The molecule has 0 bridgehead atoms. The summed E-state index contributed by atoms with van der Waals surface area (Å²) in [7, 11) is 0. The lowest BCUT2D eigenvalue weighted by molar-refractivity contribution is 1.32.